The number of carbonyl (C=O) groups excluding carboxylic acids is 1. The van der Waals surface area contributed by atoms with Gasteiger partial charge in [0.2, 0.25) is 5.91 Å². The number of amides is 1. The summed E-state index contributed by atoms with van der Waals surface area (Å²) in [6.07, 6.45) is 1.70. The van der Waals surface area contributed by atoms with E-state index in [2.05, 4.69) is 44.9 Å². The Hall–Kier alpha value is -1.17. The predicted octanol–water partition coefficient (Wildman–Crippen LogP) is 2.12. The number of nitrogens with one attached hydrogen (secondary N) is 1. The summed E-state index contributed by atoms with van der Waals surface area (Å²) in [7, 11) is 0. The van der Waals surface area contributed by atoms with Crippen molar-refractivity contribution < 1.29 is 9.53 Å². The molecule has 4 nitrogen and oxygen atoms in total. The zero-order valence-corrected chi connectivity index (χ0v) is 12.9. The lowest BCUT2D eigenvalue weighted by Crippen LogP contribution is -2.44. The van der Waals surface area contributed by atoms with Gasteiger partial charge >= 0.3 is 0 Å². The van der Waals surface area contributed by atoms with Gasteiger partial charge < -0.3 is 10.1 Å². The van der Waals surface area contributed by atoms with Gasteiger partial charge in [-0.1, -0.05) is 34.1 Å². The minimum absolute atomic E-state index is 0.0217. The summed E-state index contributed by atoms with van der Waals surface area (Å²) in [6.45, 7) is 6.67. The summed E-state index contributed by atoms with van der Waals surface area (Å²) in [6, 6.07) is 8.11. The molecule has 108 valence electrons. The highest BCUT2D eigenvalue weighted by Gasteiger charge is 2.23. The average Bonchev–Trinajstić information content (AvgIpc) is 2.45. The van der Waals surface area contributed by atoms with E-state index in [1.807, 2.05) is 12.1 Å². The highest BCUT2D eigenvalue weighted by molar-refractivity contribution is 9.10. The molecule has 1 fully saturated rings. The summed E-state index contributed by atoms with van der Waals surface area (Å²) >= 11 is 3.47. The van der Waals surface area contributed by atoms with Gasteiger partial charge in [0.25, 0.3) is 0 Å². The predicted molar refractivity (Wildman–Crippen MR) is 82.5 cm³/mol. The first kappa shape index (κ1) is 15.2. The number of nitrogens with zero attached hydrogens (tertiary/aromatic N) is 1. The van der Waals surface area contributed by atoms with Crippen molar-refractivity contribution in [3.8, 4) is 0 Å². The van der Waals surface area contributed by atoms with E-state index in [1.54, 1.807) is 6.08 Å². The monoisotopic (exact) mass is 338 g/mol. The van der Waals surface area contributed by atoms with Gasteiger partial charge in [-0.2, -0.15) is 0 Å². The summed E-state index contributed by atoms with van der Waals surface area (Å²) in [5.74, 6) is 0.0276. The molecule has 0 bridgehead atoms. The molecule has 0 saturated carbocycles. The average molecular weight is 339 g/mol. The van der Waals surface area contributed by atoms with Gasteiger partial charge in [0.15, 0.2) is 0 Å². The second-order valence-corrected chi connectivity index (χ2v) is 5.66. The highest BCUT2D eigenvalue weighted by atomic mass is 79.9. The maximum absolute atomic E-state index is 11.7. The van der Waals surface area contributed by atoms with Crippen LogP contribution in [-0.4, -0.2) is 43.6 Å². The van der Waals surface area contributed by atoms with Crippen molar-refractivity contribution in [2.24, 2.45) is 0 Å². The first-order valence-electron chi connectivity index (χ1n) is 6.66. The minimum Gasteiger partial charge on any atom is -0.371 e. The third kappa shape index (κ3) is 4.44. The van der Waals surface area contributed by atoms with Crippen molar-refractivity contribution in [1.82, 2.24) is 10.2 Å². The topological polar surface area (TPSA) is 41.6 Å². The molecule has 5 heteroatoms. The first-order chi connectivity index (χ1) is 9.69. The van der Waals surface area contributed by atoms with E-state index in [-0.39, 0.29) is 12.0 Å². The molecule has 1 amide bonds. The lowest BCUT2D eigenvalue weighted by molar-refractivity contribution is -0.124. The second-order valence-electron chi connectivity index (χ2n) is 4.74. The van der Waals surface area contributed by atoms with E-state index >= 15 is 0 Å². The van der Waals surface area contributed by atoms with Crippen molar-refractivity contribution in [1.29, 1.82) is 0 Å². The number of benzene rings is 1. The Kier molecular flexibility index (Phi) is 5.76. The lowest BCUT2D eigenvalue weighted by Gasteiger charge is -2.32. The lowest BCUT2D eigenvalue weighted by atomic mass is 10.1. The number of halogens is 1. The van der Waals surface area contributed by atoms with Crippen LogP contribution in [0.2, 0.25) is 0 Å². The maximum Gasteiger partial charge on any atom is 0.234 e. The van der Waals surface area contributed by atoms with E-state index in [0.29, 0.717) is 19.7 Å². The molecule has 0 aliphatic carbocycles. The van der Waals surface area contributed by atoms with Gasteiger partial charge in [-0.05, 0) is 17.7 Å². The largest absolute Gasteiger partial charge is 0.371 e. The van der Waals surface area contributed by atoms with Crippen LogP contribution in [0.3, 0.4) is 0 Å². The number of morpholine rings is 1. The maximum atomic E-state index is 11.7. The number of carbonyl (C=O) groups is 1. The molecule has 0 unspecified atom stereocenters. The number of hydrogen-bond acceptors (Lipinski definition) is 3. The Morgan fingerprint density at radius 3 is 3.20 bits per heavy atom. The van der Waals surface area contributed by atoms with Crippen LogP contribution in [0.5, 0.6) is 0 Å². The molecule has 0 aromatic heterocycles. The van der Waals surface area contributed by atoms with E-state index in [9.17, 15) is 4.79 Å². The van der Waals surface area contributed by atoms with E-state index in [4.69, 9.17) is 4.74 Å². The fourth-order valence-electron chi connectivity index (χ4n) is 2.20. The Morgan fingerprint density at radius 1 is 1.60 bits per heavy atom. The van der Waals surface area contributed by atoms with Crippen molar-refractivity contribution in [3.63, 3.8) is 0 Å². The summed E-state index contributed by atoms with van der Waals surface area (Å²) in [5.41, 5.74) is 1.13. The standard InChI is InChI=1S/C15H19BrN2O2/c1-2-6-17-15(19)11-18-7-8-20-14(10-18)12-4-3-5-13(16)9-12/h2-5,9,14H,1,6-8,10-11H2,(H,17,19)/t14-/m1/s1. The van der Waals surface area contributed by atoms with Crippen LogP contribution in [0, 0.1) is 0 Å². The molecule has 20 heavy (non-hydrogen) atoms. The number of ether oxygens (including phenoxy) is 1. The van der Waals surface area contributed by atoms with Crippen LogP contribution in [0.1, 0.15) is 11.7 Å². The van der Waals surface area contributed by atoms with Gasteiger partial charge in [-0.25, -0.2) is 0 Å². The first-order valence-corrected chi connectivity index (χ1v) is 7.45. The zero-order chi connectivity index (χ0) is 14.4. The number of hydrogen-bond donors (Lipinski definition) is 1. The molecule has 1 aliphatic heterocycles. The Balaban J connectivity index is 1.91. The van der Waals surface area contributed by atoms with Gasteiger partial charge in [-0.15, -0.1) is 6.58 Å². The molecule has 1 aliphatic rings. The zero-order valence-electron chi connectivity index (χ0n) is 11.3. The van der Waals surface area contributed by atoms with Crippen LogP contribution in [0.25, 0.3) is 0 Å². The highest BCUT2D eigenvalue weighted by Crippen LogP contribution is 2.24. The normalized spacial score (nSPS) is 19.6. The van der Waals surface area contributed by atoms with Gasteiger partial charge in [0.05, 0.1) is 19.3 Å². The summed E-state index contributed by atoms with van der Waals surface area (Å²) < 4.78 is 6.84. The third-order valence-electron chi connectivity index (χ3n) is 3.18. The summed E-state index contributed by atoms with van der Waals surface area (Å²) in [5, 5.41) is 2.80. The van der Waals surface area contributed by atoms with Crippen molar-refractivity contribution in [3.05, 3.63) is 47.0 Å². The van der Waals surface area contributed by atoms with Crippen molar-refractivity contribution >= 4 is 21.8 Å². The SMILES string of the molecule is C=CCNC(=O)CN1CCO[C@@H](c2cccc(Br)c2)C1. The fraction of sp³-hybridized carbons (Fsp3) is 0.400. The molecular formula is C15H19BrN2O2. The fourth-order valence-corrected chi connectivity index (χ4v) is 2.62. The number of rotatable bonds is 5. The molecule has 1 heterocycles. The van der Waals surface area contributed by atoms with Crippen LogP contribution in [0.15, 0.2) is 41.4 Å². The molecule has 1 N–H and O–H groups in total. The molecule has 1 atom stereocenters. The van der Waals surface area contributed by atoms with Crippen molar-refractivity contribution in [2.75, 3.05) is 32.8 Å². The van der Waals surface area contributed by atoms with Gasteiger partial charge in [-0.3, -0.25) is 9.69 Å². The molecule has 1 saturated heterocycles. The quantitative estimate of drug-likeness (QED) is 0.836. The summed E-state index contributed by atoms with van der Waals surface area (Å²) in [4.78, 5) is 13.8. The third-order valence-corrected chi connectivity index (χ3v) is 3.68. The van der Waals surface area contributed by atoms with E-state index in [0.717, 1.165) is 23.1 Å². The van der Waals surface area contributed by atoms with Gasteiger partial charge in [0.1, 0.15) is 0 Å². The van der Waals surface area contributed by atoms with Crippen LogP contribution >= 0.6 is 15.9 Å². The Morgan fingerprint density at radius 2 is 2.45 bits per heavy atom. The molecule has 0 radical (unpaired) electrons. The van der Waals surface area contributed by atoms with E-state index in [1.165, 1.54) is 0 Å². The van der Waals surface area contributed by atoms with Gasteiger partial charge in [0, 0.05) is 24.1 Å². The molecule has 1 aromatic rings. The van der Waals surface area contributed by atoms with E-state index < -0.39 is 0 Å². The Labute approximate surface area is 127 Å². The Bertz CT molecular complexity index is 479. The van der Waals surface area contributed by atoms with Crippen LogP contribution < -0.4 is 5.32 Å². The van der Waals surface area contributed by atoms with Crippen LogP contribution in [-0.2, 0) is 9.53 Å². The van der Waals surface area contributed by atoms with Crippen LogP contribution in [0.4, 0.5) is 0 Å². The molecule has 2 rings (SSSR count). The van der Waals surface area contributed by atoms with Crippen molar-refractivity contribution in [2.45, 2.75) is 6.10 Å². The smallest absolute Gasteiger partial charge is 0.234 e. The molecular weight excluding hydrogens is 320 g/mol. The molecule has 1 aromatic carbocycles. The minimum atomic E-state index is 0.0217. The molecule has 0 spiro atoms. The second kappa shape index (κ2) is 7.57.